The molecule has 2 rings (SSSR count). The Kier molecular flexibility index (Phi) is 5.13. The maximum atomic E-state index is 13.8. The smallest absolute Gasteiger partial charge is 0.146 e. The number of benzene rings is 2. The van der Waals surface area contributed by atoms with Gasteiger partial charge in [0.05, 0.1) is 5.69 Å². The maximum absolute atomic E-state index is 13.8. The van der Waals surface area contributed by atoms with E-state index in [1.165, 1.54) is 17.2 Å². The third kappa shape index (κ3) is 3.58. The molecule has 0 unspecified atom stereocenters. The standard InChI is InChI=1S/C17H21FN2/c1-3-20(17-7-5-4-6-16(17)18)13-15-10-8-14(9-11-15)12-19-2/h4-11,19H,3,12-13H2,1-2H3. The molecule has 0 spiro atoms. The van der Waals surface area contributed by atoms with Crippen LogP contribution in [0.5, 0.6) is 0 Å². The lowest BCUT2D eigenvalue weighted by Crippen LogP contribution is -2.23. The van der Waals surface area contributed by atoms with Gasteiger partial charge < -0.3 is 10.2 Å². The first-order valence-electron chi connectivity index (χ1n) is 6.96. The largest absolute Gasteiger partial charge is 0.365 e. The number of hydrogen-bond donors (Lipinski definition) is 1. The molecule has 2 nitrogen and oxygen atoms in total. The first-order chi connectivity index (χ1) is 9.74. The molecule has 1 N–H and O–H groups in total. The second kappa shape index (κ2) is 7.06. The Morgan fingerprint density at radius 1 is 1.00 bits per heavy atom. The van der Waals surface area contributed by atoms with Gasteiger partial charge >= 0.3 is 0 Å². The van der Waals surface area contributed by atoms with Crippen molar-refractivity contribution in [3.05, 3.63) is 65.5 Å². The predicted octanol–water partition coefficient (Wildman–Crippen LogP) is 3.57. The van der Waals surface area contributed by atoms with E-state index in [9.17, 15) is 4.39 Å². The highest BCUT2D eigenvalue weighted by Crippen LogP contribution is 2.20. The monoisotopic (exact) mass is 272 g/mol. The summed E-state index contributed by atoms with van der Waals surface area (Å²) in [4.78, 5) is 2.04. The highest BCUT2D eigenvalue weighted by atomic mass is 19.1. The lowest BCUT2D eigenvalue weighted by atomic mass is 10.1. The molecule has 3 heteroatoms. The van der Waals surface area contributed by atoms with E-state index >= 15 is 0 Å². The number of nitrogens with zero attached hydrogens (tertiary/aromatic N) is 1. The molecule has 106 valence electrons. The fourth-order valence-electron chi connectivity index (χ4n) is 2.26. The maximum Gasteiger partial charge on any atom is 0.146 e. The van der Waals surface area contributed by atoms with E-state index < -0.39 is 0 Å². The van der Waals surface area contributed by atoms with Gasteiger partial charge in [-0.05, 0) is 37.2 Å². The Balaban J connectivity index is 2.12. The molecule has 0 aromatic heterocycles. The Morgan fingerprint density at radius 3 is 2.25 bits per heavy atom. The van der Waals surface area contributed by atoms with E-state index in [0.717, 1.165) is 19.6 Å². The molecule has 0 aliphatic carbocycles. The summed E-state index contributed by atoms with van der Waals surface area (Å²) in [7, 11) is 1.94. The second-order valence-electron chi connectivity index (χ2n) is 4.81. The summed E-state index contributed by atoms with van der Waals surface area (Å²) in [5.74, 6) is -0.166. The molecule has 0 aliphatic rings. The lowest BCUT2D eigenvalue weighted by molar-refractivity contribution is 0.618. The van der Waals surface area contributed by atoms with Crippen LogP contribution in [0.2, 0.25) is 0 Å². The van der Waals surface area contributed by atoms with E-state index in [-0.39, 0.29) is 5.82 Å². The van der Waals surface area contributed by atoms with E-state index in [1.807, 2.05) is 31.0 Å². The summed E-state index contributed by atoms with van der Waals surface area (Å²) in [6.45, 7) is 4.41. The Morgan fingerprint density at radius 2 is 1.65 bits per heavy atom. The van der Waals surface area contributed by atoms with Crippen molar-refractivity contribution >= 4 is 5.69 Å². The van der Waals surface area contributed by atoms with Crippen LogP contribution in [-0.2, 0) is 13.1 Å². The van der Waals surface area contributed by atoms with Gasteiger partial charge in [0, 0.05) is 19.6 Å². The zero-order chi connectivity index (χ0) is 14.4. The highest BCUT2D eigenvalue weighted by Gasteiger charge is 2.09. The van der Waals surface area contributed by atoms with Crippen molar-refractivity contribution in [2.24, 2.45) is 0 Å². The topological polar surface area (TPSA) is 15.3 Å². The van der Waals surface area contributed by atoms with Gasteiger partial charge in [0.2, 0.25) is 0 Å². The molecule has 0 bridgehead atoms. The van der Waals surface area contributed by atoms with E-state index in [1.54, 1.807) is 6.07 Å². The number of nitrogens with one attached hydrogen (secondary N) is 1. The van der Waals surface area contributed by atoms with Crippen LogP contribution in [0.3, 0.4) is 0 Å². The molecule has 0 fully saturated rings. The first-order valence-corrected chi connectivity index (χ1v) is 6.96. The van der Waals surface area contributed by atoms with Crippen molar-refractivity contribution in [2.45, 2.75) is 20.0 Å². The van der Waals surface area contributed by atoms with Crippen molar-refractivity contribution in [1.29, 1.82) is 0 Å². The molecule has 0 amide bonds. The number of rotatable bonds is 6. The second-order valence-corrected chi connectivity index (χ2v) is 4.81. The molecule has 0 heterocycles. The van der Waals surface area contributed by atoms with Crippen molar-refractivity contribution in [1.82, 2.24) is 5.32 Å². The minimum atomic E-state index is -0.166. The number of halogens is 1. The van der Waals surface area contributed by atoms with Crippen LogP contribution >= 0.6 is 0 Å². The summed E-state index contributed by atoms with van der Waals surface area (Å²) < 4.78 is 13.8. The summed E-state index contributed by atoms with van der Waals surface area (Å²) in [5.41, 5.74) is 3.11. The average Bonchev–Trinajstić information content (AvgIpc) is 2.48. The van der Waals surface area contributed by atoms with Crippen LogP contribution in [0.15, 0.2) is 48.5 Å². The summed E-state index contributed by atoms with van der Waals surface area (Å²) in [5, 5.41) is 3.13. The fourth-order valence-corrected chi connectivity index (χ4v) is 2.26. The predicted molar refractivity (Wildman–Crippen MR) is 82.3 cm³/mol. The Labute approximate surface area is 120 Å². The molecule has 0 saturated carbocycles. The zero-order valence-corrected chi connectivity index (χ0v) is 12.1. The first kappa shape index (κ1) is 14.5. The minimum absolute atomic E-state index is 0.166. The summed E-state index contributed by atoms with van der Waals surface area (Å²) in [6, 6.07) is 15.4. The van der Waals surface area contributed by atoms with E-state index in [4.69, 9.17) is 0 Å². The average molecular weight is 272 g/mol. The van der Waals surface area contributed by atoms with Crippen molar-refractivity contribution in [3.63, 3.8) is 0 Å². The van der Waals surface area contributed by atoms with Crippen LogP contribution in [0.25, 0.3) is 0 Å². The van der Waals surface area contributed by atoms with Gasteiger partial charge in [-0.2, -0.15) is 0 Å². The number of anilines is 1. The Hall–Kier alpha value is -1.87. The fraction of sp³-hybridized carbons (Fsp3) is 0.294. The lowest BCUT2D eigenvalue weighted by Gasteiger charge is -2.23. The molecular formula is C17H21FN2. The quantitative estimate of drug-likeness (QED) is 0.865. The number of para-hydroxylation sites is 1. The third-order valence-electron chi connectivity index (χ3n) is 3.35. The SMILES string of the molecule is CCN(Cc1ccc(CNC)cc1)c1ccccc1F. The normalized spacial score (nSPS) is 10.6. The molecule has 0 atom stereocenters. The van der Waals surface area contributed by atoms with Gasteiger partial charge in [0.25, 0.3) is 0 Å². The van der Waals surface area contributed by atoms with Crippen molar-refractivity contribution in [2.75, 3.05) is 18.5 Å². The third-order valence-corrected chi connectivity index (χ3v) is 3.35. The molecule has 20 heavy (non-hydrogen) atoms. The minimum Gasteiger partial charge on any atom is -0.365 e. The zero-order valence-electron chi connectivity index (χ0n) is 12.1. The van der Waals surface area contributed by atoms with Crippen LogP contribution in [-0.4, -0.2) is 13.6 Å². The molecule has 0 radical (unpaired) electrons. The molecular weight excluding hydrogens is 251 g/mol. The molecule has 0 saturated heterocycles. The number of hydrogen-bond acceptors (Lipinski definition) is 2. The summed E-state index contributed by atoms with van der Waals surface area (Å²) in [6.07, 6.45) is 0. The van der Waals surface area contributed by atoms with Crippen molar-refractivity contribution in [3.8, 4) is 0 Å². The van der Waals surface area contributed by atoms with Gasteiger partial charge in [-0.25, -0.2) is 4.39 Å². The van der Waals surface area contributed by atoms with Crippen LogP contribution in [0.4, 0.5) is 10.1 Å². The van der Waals surface area contributed by atoms with Gasteiger partial charge in [-0.3, -0.25) is 0 Å². The molecule has 2 aromatic rings. The Bertz CT molecular complexity index is 537. The highest BCUT2D eigenvalue weighted by molar-refractivity contribution is 5.48. The van der Waals surface area contributed by atoms with Crippen LogP contribution < -0.4 is 10.2 Å². The molecule has 2 aromatic carbocycles. The molecule has 0 aliphatic heterocycles. The summed E-state index contributed by atoms with van der Waals surface area (Å²) >= 11 is 0. The van der Waals surface area contributed by atoms with Gasteiger partial charge in [-0.15, -0.1) is 0 Å². The van der Waals surface area contributed by atoms with Crippen molar-refractivity contribution < 1.29 is 4.39 Å². The van der Waals surface area contributed by atoms with E-state index in [0.29, 0.717) is 5.69 Å². The van der Waals surface area contributed by atoms with E-state index in [2.05, 4.69) is 29.6 Å². The van der Waals surface area contributed by atoms with Gasteiger partial charge in [0.15, 0.2) is 0 Å². The van der Waals surface area contributed by atoms with Crippen LogP contribution in [0, 0.1) is 5.82 Å². The van der Waals surface area contributed by atoms with Crippen LogP contribution in [0.1, 0.15) is 18.1 Å². The van der Waals surface area contributed by atoms with Gasteiger partial charge in [-0.1, -0.05) is 36.4 Å². The van der Waals surface area contributed by atoms with Gasteiger partial charge in [0.1, 0.15) is 5.82 Å².